The first-order valence-electron chi connectivity index (χ1n) is 10.1. The van der Waals surface area contributed by atoms with Crippen molar-refractivity contribution in [2.24, 2.45) is 11.8 Å². The van der Waals surface area contributed by atoms with E-state index in [2.05, 4.69) is 24.5 Å². The molecule has 4 unspecified atom stereocenters. The molecule has 4 rings (SSSR count). The van der Waals surface area contributed by atoms with Gasteiger partial charge in [-0.1, -0.05) is 19.9 Å². The number of hydrogen-bond acceptors (Lipinski definition) is 5. The van der Waals surface area contributed by atoms with E-state index < -0.39 is 0 Å². The second-order valence-corrected chi connectivity index (χ2v) is 8.30. The number of amides is 2. The van der Waals surface area contributed by atoms with Gasteiger partial charge in [-0.15, -0.1) is 0 Å². The second kappa shape index (κ2) is 8.09. The lowest BCUT2D eigenvalue weighted by Crippen LogP contribution is -2.47. The molecule has 2 heterocycles. The molecule has 1 aliphatic carbocycles. The van der Waals surface area contributed by atoms with Crippen molar-refractivity contribution in [1.29, 1.82) is 0 Å². The summed E-state index contributed by atoms with van der Waals surface area (Å²) in [6, 6.07) is 6.79. The summed E-state index contributed by atoms with van der Waals surface area (Å²) in [4.78, 5) is 24.7. The maximum atomic E-state index is 12.7. The minimum Gasteiger partial charge on any atom is -0.493 e. The Bertz CT molecular complexity index is 733. The zero-order chi connectivity index (χ0) is 19.7. The summed E-state index contributed by atoms with van der Waals surface area (Å²) < 4.78 is 17.4. The van der Waals surface area contributed by atoms with Crippen molar-refractivity contribution in [1.82, 2.24) is 10.6 Å². The van der Waals surface area contributed by atoms with Gasteiger partial charge in [-0.2, -0.15) is 0 Å². The van der Waals surface area contributed by atoms with Crippen molar-refractivity contribution in [2.75, 3.05) is 19.8 Å². The first kappa shape index (κ1) is 19.2. The van der Waals surface area contributed by atoms with Crippen LogP contribution in [0.25, 0.3) is 0 Å². The number of benzene rings is 1. The van der Waals surface area contributed by atoms with Gasteiger partial charge in [-0.05, 0) is 37.0 Å². The Balaban J connectivity index is 1.33. The van der Waals surface area contributed by atoms with Gasteiger partial charge >= 0.3 is 0 Å². The molecule has 0 bridgehead atoms. The molecule has 2 N–H and O–H groups in total. The molecule has 28 heavy (non-hydrogen) atoms. The van der Waals surface area contributed by atoms with Crippen molar-refractivity contribution in [3.63, 3.8) is 0 Å². The average Bonchev–Trinajstić information content (AvgIpc) is 3.36. The molecule has 2 aliphatic heterocycles. The molecule has 7 nitrogen and oxygen atoms in total. The van der Waals surface area contributed by atoms with Crippen LogP contribution < -0.4 is 15.4 Å². The fourth-order valence-corrected chi connectivity index (χ4v) is 3.63. The number of ether oxygens (including phenoxy) is 3. The van der Waals surface area contributed by atoms with E-state index >= 15 is 0 Å². The van der Waals surface area contributed by atoms with Gasteiger partial charge in [0.2, 0.25) is 5.91 Å². The molecule has 0 spiro atoms. The molecule has 3 fully saturated rings. The summed E-state index contributed by atoms with van der Waals surface area (Å²) in [5, 5.41) is 6.04. The normalized spacial score (nSPS) is 28.8. The van der Waals surface area contributed by atoms with E-state index in [9.17, 15) is 9.59 Å². The van der Waals surface area contributed by atoms with Crippen molar-refractivity contribution in [3.05, 3.63) is 29.8 Å². The Hall–Kier alpha value is -2.12. The second-order valence-electron chi connectivity index (χ2n) is 8.30. The lowest BCUT2D eigenvalue weighted by Gasteiger charge is -2.18. The first-order valence-corrected chi connectivity index (χ1v) is 10.1. The molecule has 1 saturated carbocycles. The van der Waals surface area contributed by atoms with E-state index in [1.54, 1.807) is 12.1 Å². The Labute approximate surface area is 165 Å². The highest BCUT2D eigenvalue weighted by molar-refractivity contribution is 5.94. The third-order valence-corrected chi connectivity index (χ3v) is 5.33. The van der Waals surface area contributed by atoms with Gasteiger partial charge in [-0.3, -0.25) is 9.59 Å². The zero-order valence-electron chi connectivity index (χ0n) is 16.4. The van der Waals surface area contributed by atoms with Crippen molar-refractivity contribution < 1.29 is 23.8 Å². The van der Waals surface area contributed by atoms with Gasteiger partial charge in [0.05, 0.1) is 31.9 Å². The summed E-state index contributed by atoms with van der Waals surface area (Å²) in [6.45, 7) is 5.55. The monoisotopic (exact) mass is 388 g/mol. The van der Waals surface area contributed by atoms with Gasteiger partial charge in [0.25, 0.3) is 5.91 Å². The predicted molar refractivity (Wildman–Crippen MR) is 102 cm³/mol. The highest BCUT2D eigenvalue weighted by Gasteiger charge is 2.49. The Kier molecular flexibility index (Phi) is 5.55. The highest BCUT2D eigenvalue weighted by atomic mass is 16.6. The Morgan fingerprint density at radius 3 is 2.43 bits per heavy atom. The largest absolute Gasteiger partial charge is 0.493 e. The van der Waals surface area contributed by atoms with Crippen molar-refractivity contribution in [2.45, 2.75) is 51.0 Å². The van der Waals surface area contributed by atoms with Gasteiger partial charge in [-0.25, -0.2) is 0 Å². The third kappa shape index (κ3) is 4.31. The van der Waals surface area contributed by atoms with Gasteiger partial charge in [0.1, 0.15) is 18.0 Å². The number of carbonyl (C=O) groups is 2. The molecule has 7 heteroatoms. The van der Waals surface area contributed by atoms with Gasteiger partial charge in [0, 0.05) is 11.5 Å². The van der Waals surface area contributed by atoms with E-state index in [1.807, 2.05) is 12.1 Å². The maximum Gasteiger partial charge on any atom is 0.251 e. The van der Waals surface area contributed by atoms with E-state index in [-0.39, 0.29) is 42.0 Å². The first-order chi connectivity index (χ1) is 13.5. The molecule has 2 amide bonds. The number of carbonyl (C=O) groups excluding carboxylic acids is 2. The lowest BCUT2D eigenvalue weighted by molar-refractivity contribution is -0.123. The minimum atomic E-state index is -0.242. The summed E-state index contributed by atoms with van der Waals surface area (Å²) in [6.07, 6.45) is 1.47. The Morgan fingerprint density at radius 2 is 1.79 bits per heavy atom. The quantitative estimate of drug-likeness (QED) is 0.740. The molecule has 152 valence electrons. The van der Waals surface area contributed by atoms with Gasteiger partial charge < -0.3 is 24.8 Å². The lowest BCUT2D eigenvalue weighted by atomic mass is 10.1. The van der Waals surface area contributed by atoms with E-state index in [1.165, 1.54) is 0 Å². The van der Waals surface area contributed by atoms with Crippen LogP contribution in [0.3, 0.4) is 0 Å². The molecule has 2 saturated heterocycles. The van der Waals surface area contributed by atoms with Crippen molar-refractivity contribution in [3.8, 4) is 5.75 Å². The highest BCUT2D eigenvalue weighted by Crippen LogP contribution is 2.31. The molecule has 1 aromatic carbocycles. The predicted octanol–water partition coefficient (Wildman–Crippen LogP) is 1.51. The Morgan fingerprint density at radius 1 is 1.11 bits per heavy atom. The number of nitrogens with one attached hydrogen (secondary N) is 2. The summed E-state index contributed by atoms with van der Waals surface area (Å²) in [5.41, 5.74) is 0.543. The average molecular weight is 388 g/mol. The van der Waals surface area contributed by atoms with Crippen LogP contribution in [0.4, 0.5) is 0 Å². The van der Waals surface area contributed by atoms with Crippen LogP contribution in [0.2, 0.25) is 0 Å². The van der Waals surface area contributed by atoms with Crippen LogP contribution in [0.5, 0.6) is 5.75 Å². The molecule has 3 aliphatic rings. The fourth-order valence-electron chi connectivity index (χ4n) is 3.63. The standard InChI is InChI=1S/C21H28N2O5/c1-12(2)9-26-15-5-3-4-14(8-15)21(25)23-17-11-28-18-16(10-27-19(17)18)22-20(24)13-6-7-13/h3-5,8,12-13,16-19H,6-7,9-11H2,1-2H3,(H,22,24)(H,23,25). The molecular formula is C21H28N2O5. The van der Waals surface area contributed by atoms with Crippen LogP contribution in [-0.2, 0) is 14.3 Å². The molecule has 4 atom stereocenters. The van der Waals surface area contributed by atoms with Crippen LogP contribution >= 0.6 is 0 Å². The topological polar surface area (TPSA) is 85.9 Å². The summed E-state index contributed by atoms with van der Waals surface area (Å²) >= 11 is 0. The third-order valence-electron chi connectivity index (χ3n) is 5.33. The van der Waals surface area contributed by atoms with Crippen LogP contribution in [0.1, 0.15) is 37.0 Å². The SMILES string of the molecule is CC(C)COc1cccc(C(=O)NC2COC3C(NC(=O)C4CC4)COC23)c1. The van der Waals surface area contributed by atoms with E-state index in [0.29, 0.717) is 37.1 Å². The number of rotatable bonds is 7. The minimum absolute atomic E-state index is 0.0866. The molecular weight excluding hydrogens is 360 g/mol. The summed E-state index contributed by atoms with van der Waals surface area (Å²) in [5.74, 6) is 1.16. The van der Waals surface area contributed by atoms with E-state index in [4.69, 9.17) is 14.2 Å². The van der Waals surface area contributed by atoms with Gasteiger partial charge in [0.15, 0.2) is 0 Å². The maximum absolute atomic E-state index is 12.7. The fraction of sp³-hybridized carbons (Fsp3) is 0.619. The van der Waals surface area contributed by atoms with Crippen molar-refractivity contribution >= 4 is 11.8 Å². The summed E-state index contributed by atoms with van der Waals surface area (Å²) in [7, 11) is 0. The molecule has 1 aromatic rings. The van der Waals surface area contributed by atoms with Crippen LogP contribution in [0.15, 0.2) is 24.3 Å². The molecule has 0 radical (unpaired) electrons. The van der Waals surface area contributed by atoms with Crippen LogP contribution in [-0.4, -0.2) is 55.9 Å². The molecule has 0 aromatic heterocycles. The number of hydrogen-bond donors (Lipinski definition) is 2. The van der Waals surface area contributed by atoms with E-state index in [0.717, 1.165) is 12.8 Å². The zero-order valence-corrected chi connectivity index (χ0v) is 16.4. The van der Waals surface area contributed by atoms with Crippen LogP contribution in [0, 0.1) is 11.8 Å². The smallest absolute Gasteiger partial charge is 0.251 e. The number of fused-ring (bicyclic) bond motifs is 1.